The summed E-state index contributed by atoms with van der Waals surface area (Å²) in [4.78, 5) is 3.73. The van der Waals surface area contributed by atoms with Crippen LogP contribution in [0.2, 0.25) is 0 Å². The number of pyridine rings is 1. The second kappa shape index (κ2) is 5.79. The molecule has 0 aliphatic rings. The highest BCUT2D eigenvalue weighted by Gasteiger charge is 2.18. The number of nitrogens with two attached hydrogens (primary N) is 1. The van der Waals surface area contributed by atoms with Gasteiger partial charge in [0, 0.05) is 31.3 Å². The van der Waals surface area contributed by atoms with Gasteiger partial charge in [0.2, 0.25) is 0 Å². The van der Waals surface area contributed by atoms with E-state index >= 15 is 0 Å². The number of nitrogens with zero attached hydrogens (tertiary/aromatic N) is 3. The first-order chi connectivity index (χ1) is 9.04. The van der Waals surface area contributed by atoms with Gasteiger partial charge in [-0.3, -0.25) is 9.67 Å². The molecule has 2 aromatic rings. The molecule has 0 bridgehead atoms. The van der Waals surface area contributed by atoms with E-state index in [0.717, 1.165) is 22.3 Å². The second-order valence-corrected chi connectivity index (χ2v) is 5.19. The van der Waals surface area contributed by atoms with Crippen LogP contribution in [0.1, 0.15) is 29.9 Å². The van der Waals surface area contributed by atoms with Crippen molar-refractivity contribution in [1.82, 2.24) is 14.8 Å². The van der Waals surface area contributed by atoms with Gasteiger partial charge in [0.25, 0.3) is 0 Å². The molecule has 0 saturated carbocycles. The van der Waals surface area contributed by atoms with Crippen LogP contribution in [0, 0.1) is 5.82 Å². The fraction of sp³-hybridized carbons (Fsp3) is 0.385. The molecule has 4 nitrogen and oxygen atoms in total. The minimum atomic E-state index is -0.417. The van der Waals surface area contributed by atoms with Crippen LogP contribution in [0.25, 0.3) is 0 Å². The second-order valence-electron chi connectivity index (χ2n) is 4.39. The molecule has 0 amide bonds. The van der Waals surface area contributed by atoms with Crippen LogP contribution in [-0.4, -0.2) is 14.8 Å². The average Bonchev–Trinajstić information content (AvgIpc) is 2.66. The summed E-state index contributed by atoms with van der Waals surface area (Å²) in [7, 11) is 1.87. The van der Waals surface area contributed by atoms with E-state index in [2.05, 4.69) is 26.0 Å². The van der Waals surface area contributed by atoms with Crippen LogP contribution < -0.4 is 5.73 Å². The Morgan fingerprint density at radius 3 is 2.84 bits per heavy atom. The van der Waals surface area contributed by atoms with Crippen LogP contribution in [0.15, 0.2) is 22.9 Å². The van der Waals surface area contributed by atoms with Gasteiger partial charge >= 0.3 is 0 Å². The predicted octanol–water partition coefficient (Wildman–Crippen LogP) is 2.52. The van der Waals surface area contributed by atoms with E-state index < -0.39 is 6.04 Å². The molecule has 102 valence electrons. The van der Waals surface area contributed by atoms with Crippen LogP contribution >= 0.6 is 15.9 Å². The van der Waals surface area contributed by atoms with Crippen LogP contribution in [-0.2, 0) is 19.9 Å². The zero-order chi connectivity index (χ0) is 14.0. The molecular formula is C13H16BrFN4. The molecule has 0 fully saturated rings. The minimum absolute atomic E-state index is 0.371. The van der Waals surface area contributed by atoms with Crippen molar-refractivity contribution in [2.75, 3.05) is 0 Å². The van der Waals surface area contributed by atoms with Crippen molar-refractivity contribution in [3.05, 3.63) is 45.7 Å². The molecule has 6 heteroatoms. The Bertz CT molecular complexity index is 582. The van der Waals surface area contributed by atoms with Crippen molar-refractivity contribution < 1.29 is 4.39 Å². The number of hydrogen-bond acceptors (Lipinski definition) is 3. The molecule has 0 spiro atoms. The third kappa shape index (κ3) is 2.84. The Morgan fingerprint density at radius 1 is 1.53 bits per heavy atom. The van der Waals surface area contributed by atoms with Gasteiger partial charge in [-0.05, 0) is 28.4 Å². The van der Waals surface area contributed by atoms with Gasteiger partial charge in [-0.15, -0.1) is 0 Å². The van der Waals surface area contributed by atoms with Gasteiger partial charge in [-0.25, -0.2) is 4.39 Å². The highest BCUT2D eigenvalue weighted by atomic mass is 79.9. The molecule has 2 N–H and O–H groups in total. The van der Waals surface area contributed by atoms with E-state index in [1.165, 1.54) is 6.20 Å². The smallest absolute Gasteiger partial charge is 0.146 e. The van der Waals surface area contributed by atoms with Crippen molar-refractivity contribution in [1.29, 1.82) is 0 Å². The SMILES string of the molecule is CCc1nn(C)c(CC(N)c2ccncc2F)c1Br. The normalized spacial score (nSPS) is 12.7. The first-order valence-corrected chi connectivity index (χ1v) is 6.89. The lowest BCUT2D eigenvalue weighted by Crippen LogP contribution is -2.17. The van der Waals surface area contributed by atoms with Crippen LogP contribution in [0.4, 0.5) is 4.39 Å². The summed E-state index contributed by atoms with van der Waals surface area (Å²) in [5, 5.41) is 4.41. The Morgan fingerprint density at radius 2 is 2.26 bits per heavy atom. The molecule has 0 radical (unpaired) electrons. The zero-order valence-electron chi connectivity index (χ0n) is 10.9. The maximum absolute atomic E-state index is 13.6. The lowest BCUT2D eigenvalue weighted by Gasteiger charge is -2.13. The topological polar surface area (TPSA) is 56.7 Å². The summed E-state index contributed by atoms with van der Waals surface area (Å²) < 4.78 is 16.4. The minimum Gasteiger partial charge on any atom is -0.324 e. The molecule has 0 saturated heterocycles. The number of rotatable bonds is 4. The van der Waals surface area contributed by atoms with Crippen molar-refractivity contribution in [3.8, 4) is 0 Å². The Kier molecular flexibility index (Phi) is 4.31. The average molecular weight is 327 g/mol. The summed E-state index contributed by atoms with van der Waals surface area (Å²) in [6, 6.07) is 1.20. The summed E-state index contributed by atoms with van der Waals surface area (Å²) in [5.74, 6) is -0.371. The Hall–Kier alpha value is -1.27. The molecule has 1 atom stereocenters. The Labute approximate surface area is 120 Å². The first-order valence-electron chi connectivity index (χ1n) is 6.09. The molecule has 0 aliphatic heterocycles. The van der Waals surface area contributed by atoms with E-state index in [1.807, 2.05) is 14.0 Å². The highest BCUT2D eigenvalue weighted by Crippen LogP contribution is 2.26. The molecule has 1 unspecified atom stereocenters. The predicted molar refractivity (Wildman–Crippen MR) is 75.1 cm³/mol. The van der Waals surface area contributed by atoms with E-state index in [0.29, 0.717) is 12.0 Å². The summed E-state index contributed by atoms with van der Waals surface area (Å²) in [6.07, 6.45) is 4.09. The number of hydrogen-bond donors (Lipinski definition) is 1. The van der Waals surface area contributed by atoms with Crippen LogP contribution in [0.5, 0.6) is 0 Å². The molecular weight excluding hydrogens is 311 g/mol. The maximum atomic E-state index is 13.6. The fourth-order valence-corrected chi connectivity index (χ4v) is 2.82. The molecule has 2 heterocycles. The number of aryl methyl sites for hydroxylation is 2. The molecule has 2 rings (SSSR count). The molecule has 19 heavy (non-hydrogen) atoms. The lowest BCUT2D eigenvalue weighted by atomic mass is 10.0. The monoisotopic (exact) mass is 326 g/mol. The molecule has 0 aromatic carbocycles. The molecule has 2 aromatic heterocycles. The fourth-order valence-electron chi connectivity index (χ4n) is 2.05. The van der Waals surface area contributed by atoms with Crippen molar-refractivity contribution in [3.63, 3.8) is 0 Å². The zero-order valence-corrected chi connectivity index (χ0v) is 12.5. The van der Waals surface area contributed by atoms with Gasteiger partial charge in [-0.2, -0.15) is 5.10 Å². The van der Waals surface area contributed by atoms with E-state index in [-0.39, 0.29) is 5.82 Å². The first kappa shape index (κ1) is 14.1. The summed E-state index contributed by atoms with van der Waals surface area (Å²) in [6.45, 7) is 2.04. The quantitative estimate of drug-likeness (QED) is 0.939. The summed E-state index contributed by atoms with van der Waals surface area (Å²) in [5.41, 5.74) is 8.52. The van der Waals surface area contributed by atoms with Crippen molar-refractivity contribution in [2.45, 2.75) is 25.8 Å². The third-order valence-corrected chi connectivity index (χ3v) is 4.03. The van der Waals surface area contributed by atoms with E-state index in [9.17, 15) is 4.39 Å². The van der Waals surface area contributed by atoms with Gasteiger partial charge in [0.15, 0.2) is 0 Å². The van der Waals surface area contributed by atoms with Crippen LogP contribution in [0.3, 0.4) is 0 Å². The van der Waals surface area contributed by atoms with Crippen molar-refractivity contribution in [2.24, 2.45) is 12.8 Å². The van der Waals surface area contributed by atoms with Gasteiger partial charge < -0.3 is 5.73 Å². The number of halogens is 2. The molecule has 0 aliphatic carbocycles. The lowest BCUT2D eigenvalue weighted by molar-refractivity contribution is 0.563. The third-order valence-electron chi connectivity index (χ3n) is 3.12. The van der Waals surface area contributed by atoms with Gasteiger partial charge in [0.05, 0.1) is 22.1 Å². The largest absolute Gasteiger partial charge is 0.324 e. The summed E-state index contributed by atoms with van der Waals surface area (Å²) >= 11 is 3.54. The van der Waals surface area contributed by atoms with Crippen molar-refractivity contribution >= 4 is 15.9 Å². The van der Waals surface area contributed by atoms with Gasteiger partial charge in [0.1, 0.15) is 5.82 Å². The highest BCUT2D eigenvalue weighted by molar-refractivity contribution is 9.10. The van der Waals surface area contributed by atoms with E-state index in [4.69, 9.17) is 5.73 Å². The standard InChI is InChI=1S/C13H16BrFN4/c1-3-11-13(14)12(19(2)18-11)6-10(16)8-4-5-17-7-9(8)15/h4-5,7,10H,3,6,16H2,1-2H3. The van der Waals surface area contributed by atoms with E-state index in [1.54, 1.807) is 16.9 Å². The maximum Gasteiger partial charge on any atom is 0.146 e. The van der Waals surface area contributed by atoms with Gasteiger partial charge in [-0.1, -0.05) is 6.92 Å². The number of aromatic nitrogens is 3. The Balaban J connectivity index is 2.27.